The molecule has 4 aromatic rings. The highest BCUT2D eigenvalue weighted by Gasteiger charge is 2.18. The number of halogens is 1. The third-order valence-corrected chi connectivity index (χ3v) is 6.45. The standard InChI is InChI=1S/C25H21ClN4O2S/c1-15-4-13-22(16(2)14-15)23-24(19-7-11-21(12-8-19)30(31)32)33-25(27-23)29-28-17(3)18-5-9-20(26)10-6-18/h4-14H,1-3H3,(H,27,29)/b28-17-. The Labute approximate surface area is 200 Å². The van der Waals surface area contributed by atoms with Crippen LogP contribution in [0.5, 0.6) is 0 Å². The Balaban J connectivity index is 1.74. The van der Waals surface area contributed by atoms with E-state index in [1.807, 2.05) is 31.2 Å². The summed E-state index contributed by atoms with van der Waals surface area (Å²) in [6, 6.07) is 20.2. The van der Waals surface area contributed by atoms with Gasteiger partial charge in [0.05, 0.1) is 21.2 Å². The van der Waals surface area contributed by atoms with Gasteiger partial charge < -0.3 is 0 Å². The van der Waals surface area contributed by atoms with Gasteiger partial charge in [-0.1, -0.05) is 58.8 Å². The summed E-state index contributed by atoms with van der Waals surface area (Å²) in [7, 11) is 0. The number of nitro groups is 1. The number of anilines is 1. The molecule has 4 rings (SSSR count). The zero-order valence-electron chi connectivity index (χ0n) is 18.3. The number of hydrazone groups is 1. The van der Waals surface area contributed by atoms with Crippen LogP contribution in [0.1, 0.15) is 23.6 Å². The molecule has 0 amide bonds. The van der Waals surface area contributed by atoms with Crippen molar-refractivity contribution in [2.45, 2.75) is 20.8 Å². The molecule has 1 aromatic heterocycles. The average Bonchev–Trinajstić information content (AvgIpc) is 3.22. The summed E-state index contributed by atoms with van der Waals surface area (Å²) >= 11 is 7.43. The van der Waals surface area contributed by atoms with Crippen molar-refractivity contribution in [3.63, 3.8) is 0 Å². The van der Waals surface area contributed by atoms with E-state index >= 15 is 0 Å². The predicted octanol–water partition coefficient (Wildman–Crippen LogP) is 7.49. The molecule has 0 aliphatic heterocycles. The minimum atomic E-state index is -0.400. The van der Waals surface area contributed by atoms with Gasteiger partial charge >= 0.3 is 0 Å². The van der Waals surface area contributed by atoms with Crippen molar-refractivity contribution in [2.75, 3.05) is 5.43 Å². The molecule has 0 unspecified atom stereocenters. The number of aromatic nitrogens is 1. The van der Waals surface area contributed by atoms with Crippen molar-refractivity contribution in [3.05, 3.63) is 98.6 Å². The molecule has 0 aliphatic rings. The Kier molecular flexibility index (Phi) is 6.53. The lowest BCUT2D eigenvalue weighted by Gasteiger charge is -2.07. The SMILES string of the molecule is C/C(=N/Nc1nc(-c2ccc(C)cc2C)c(-c2ccc([N+](=O)[O-])cc2)s1)c1ccc(Cl)cc1. The highest BCUT2D eigenvalue weighted by atomic mass is 35.5. The molecule has 166 valence electrons. The van der Waals surface area contributed by atoms with Crippen LogP contribution in [0.2, 0.25) is 5.02 Å². The van der Waals surface area contributed by atoms with Crippen LogP contribution in [0, 0.1) is 24.0 Å². The topological polar surface area (TPSA) is 80.4 Å². The molecule has 0 saturated heterocycles. The number of benzene rings is 3. The summed E-state index contributed by atoms with van der Waals surface area (Å²) in [6.45, 7) is 6.01. The minimum absolute atomic E-state index is 0.0536. The second-order valence-corrected chi connectivity index (χ2v) is 9.07. The van der Waals surface area contributed by atoms with Crippen LogP contribution in [0.3, 0.4) is 0 Å². The van der Waals surface area contributed by atoms with E-state index in [1.165, 1.54) is 29.0 Å². The molecule has 3 aromatic carbocycles. The molecular weight excluding hydrogens is 456 g/mol. The van der Waals surface area contributed by atoms with Crippen molar-refractivity contribution in [1.29, 1.82) is 0 Å². The molecule has 0 atom stereocenters. The number of nitrogens with zero attached hydrogens (tertiary/aromatic N) is 3. The summed E-state index contributed by atoms with van der Waals surface area (Å²) in [5.41, 5.74) is 9.84. The van der Waals surface area contributed by atoms with E-state index in [-0.39, 0.29) is 5.69 Å². The zero-order valence-corrected chi connectivity index (χ0v) is 19.9. The number of rotatable bonds is 6. The molecule has 0 aliphatic carbocycles. The number of non-ortho nitro benzene ring substituents is 1. The highest BCUT2D eigenvalue weighted by Crippen LogP contribution is 2.40. The molecule has 8 heteroatoms. The smallest absolute Gasteiger partial charge is 0.258 e. The van der Waals surface area contributed by atoms with Crippen molar-refractivity contribution in [3.8, 4) is 21.7 Å². The van der Waals surface area contributed by atoms with E-state index in [1.54, 1.807) is 12.1 Å². The fraction of sp³-hybridized carbons (Fsp3) is 0.120. The quantitative estimate of drug-likeness (QED) is 0.177. The monoisotopic (exact) mass is 476 g/mol. The first kappa shape index (κ1) is 22.6. The van der Waals surface area contributed by atoms with E-state index in [0.717, 1.165) is 38.5 Å². The normalized spacial score (nSPS) is 11.5. The maximum Gasteiger partial charge on any atom is 0.269 e. The van der Waals surface area contributed by atoms with E-state index in [4.69, 9.17) is 16.6 Å². The van der Waals surface area contributed by atoms with Gasteiger partial charge in [-0.25, -0.2) is 4.98 Å². The summed E-state index contributed by atoms with van der Waals surface area (Å²) in [5, 5.41) is 16.9. The largest absolute Gasteiger partial charge is 0.269 e. The van der Waals surface area contributed by atoms with Crippen LogP contribution in [-0.4, -0.2) is 15.6 Å². The molecule has 6 nitrogen and oxygen atoms in total. The molecule has 0 radical (unpaired) electrons. The van der Waals surface area contributed by atoms with Crippen LogP contribution in [0.4, 0.5) is 10.8 Å². The third kappa shape index (κ3) is 5.10. The number of thiazole rings is 1. The summed E-state index contributed by atoms with van der Waals surface area (Å²) in [5.74, 6) is 0. The van der Waals surface area contributed by atoms with Gasteiger partial charge in [0.1, 0.15) is 0 Å². The van der Waals surface area contributed by atoms with Crippen LogP contribution < -0.4 is 5.43 Å². The Bertz CT molecular complexity index is 1350. The number of hydrogen-bond acceptors (Lipinski definition) is 6. The van der Waals surface area contributed by atoms with Crippen molar-refractivity contribution < 1.29 is 4.92 Å². The lowest BCUT2D eigenvalue weighted by molar-refractivity contribution is -0.384. The number of nitro benzene ring substituents is 1. The summed E-state index contributed by atoms with van der Waals surface area (Å²) < 4.78 is 0. The first-order valence-electron chi connectivity index (χ1n) is 10.2. The molecule has 1 N–H and O–H groups in total. The second kappa shape index (κ2) is 9.52. The lowest BCUT2D eigenvalue weighted by Crippen LogP contribution is -1.99. The maximum atomic E-state index is 11.1. The predicted molar refractivity (Wildman–Crippen MR) is 136 cm³/mol. The van der Waals surface area contributed by atoms with Crippen LogP contribution in [0.15, 0.2) is 71.8 Å². The maximum absolute atomic E-state index is 11.1. The molecule has 1 heterocycles. The van der Waals surface area contributed by atoms with E-state index in [9.17, 15) is 10.1 Å². The first-order chi connectivity index (χ1) is 15.8. The van der Waals surface area contributed by atoms with Gasteiger partial charge in [-0.15, -0.1) is 0 Å². The van der Waals surface area contributed by atoms with Crippen LogP contribution >= 0.6 is 22.9 Å². The fourth-order valence-electron chi connectivity index (χ4n) is 3.45. The van der Waals surface area contributed by atoms with Crippen LogP contribution in [-0.2, 0) is 0 Å². The Hall–Kier alpha value is -3.55. The van der Waals surface area contributed by atoms with Gasteiger partial charge in [0, 0.05) is 22.7 Å². The van der Waals surface area contributed by atoms with Gasteiger partial charge in [0.15, 0.2) is 0 Å². The third-order valence-electron chi connectivity index (χ3n) is 5.19. The Morgan fingerprint density at radius 3 is 2.39 bits per heavy atom. The Morgan fingerprint density at radius 1 is 1.06 bits per heavy atom. The summed E-state index contributed by atoms with van der Waals surface area (Å²) in [4.78, 5) is 16.4. The van der Waals surface area contributed by atoms with E-state index in [2.05, 4.69) is 42.6 Å². The molecule has 33 heavy (non-hydrogen) atoms. The lowest BCUT2D eigenvalue weighted by atomic mass is 10.0. The number of hydrogen-bond donors (Lipinski definition) is 1. The van der Waals surface area contributed by atoms with Gasteiger partial charge in [-0.3, -0.25) is 15.5 Å². The van der Waals surface area contributed by atoms with Crippen molar-refractivity contribution in [1.82, 2.24) is 4.98 Å². The van der Waals surface area contributed by atoms with Gasteiger partial charge in [-0.05, 0) is 61.7 Å². The van der Waals surface area contributed by atoms with Gasteiger partial charge in [0.2, 0.25) is 5.13 Å². The fourth-order valence-corrected chi connectivity index (χ4v) is 4.50. The average molecular weight is 477 g/mol. The highest BCUT2D eigenvalue weighted by molar-refractivity contribution is 7.19. The summed E-state index contributed by atoms with van der Waals surface area (Å²) in [6.07, 6.45) is 0. The van der Waals surface area contributed by atoms with E-state index in [0.29, 0.717) is 10.2 Å². The number of nitrogens with one attached hydrogen (secondary N) is 1. The first-order valence-corrected chi connectivity index (χ1v) is 11.4. The zero-order chi connectivity index (χ0) is 23.5. The Morgan fingerprint density at radius 2 is 1.76 bits per heavy atom. The molecule has 0 spiro atoms. The molecule has 0 fully saturated rings. The van der Waals surface area contributed by atoms with E-state index < -0.39 is 4.92 Å². The van der Waals surface area contributed by atoms with Crippen molar-refractivity contribution >= 4 is 39.5 Å². The van der Waals surface area contributed by atoms with Crippen LogP contribution in [0.25, 0.3) is 21.7 Å². The molecule has 0 bridgehead atoms. The van der Waals surface area contributed by atoms with Crippen molar-refractivity contribution in [2.24, 2.45) is 5.10 Å². The molecular formula is C25H21ClN4O2S. The number of aryl methyl sites for hydroxylation is 2. The molecule has 0 saturated carbocycles. The van der Waals surface area contributed by atoms with Gasteiger partial charge in [0.25, 0.3) is 5.69 Å². The minimum Gasteiger partial charge on any atom is -0.258 e. The van der Waals surface area contributed by atoms with Gasteiger partial charge in [-0.2, -0.15) is 5.10 Å². The second-order valence-electron chi connectivity index (χ2n) is 7.64.